The molecule has 0 radical (unpaired) electrons. The summed E-state index contributed by atoms with van der Waals surface area (Å²) in [4.78, 5) is 13.5. The molecule has 1 fully saturated rings. The van der Waals surface area contributed by atoms with Crippen molar-refractivity contribution in [2.24, 2.45) is 0 Å². The van der Waals surface area contributed by atoms with Crippen LogP contribution >= 0.6 is 0 Å². The average molecular weight is 228 g/mol. The molecule has 0 saturated carbocycles. The van der Waals surface area contributed by atoms with Crippen molar-refractivity contribution in [2.45, 2.75) is 39.2 Å². The second-order valence-electron chi connectivity index (χ2n) is 4.19. The Balaban J connectivity index is 2.11. The van der Waals surface area contributed by atoms with E-state index in [-0.39, 0.29) is 5.91 Å². The molecule has 1 saturated heterocycles. The van der Waals surface area contributed by atoms with Gasteiger partial charge in [-0.3, -0.25) is 4.79 Å². The molecule has 1 rings (SSSR count). The van der Waals surface area contributed by atoms with Crippen molar-refractivity contribution in [1.82, 2.24) is 10.2 Å². The number of rotatable bonds is 6. The molecular formula is C12H24N2O2. The van der Waals surface area contributed by atoms with E-state index in [1.54, 1.807) is 0 Å². The Hall–Kier alpha value is -0.610. The van der Waals surface area contributed by atoms with Crippen LogP contribution in [-0.4, -0.2) is 49.7 Å². The number of ether oxygens (including phenoxy) is 1. The maximum atomic E-state index is 11.7. The highest BCUT2D eigenvalue weighted by Gasteiger charge is 2.14. The number of amides is 1. The second-order valence-corrected chi connectivity index (χ2v) is 4.19. The molecule has 0 aromatic rings. The lowest BCUT2D eigenvalue weighted by molar-refractivity contribution is -0.129. The van der Waals surface area contributed by atoms with Crippen LogP contribution in [-0.2, 0) is 9.53 Å². The molecule has 0 aliphatic carbocycles. The number of likely N-dealkylation sites (N-methyl/N-ethyl adjacent to an activating group) is 1. The van der Waals surface area contributed by atoms with Crippen molar-refractivity contribution in [3.63, 3.8) is 0 Å². The van der Waals surface area contributed by atoms with Crippen molar-refractivity contribution in [2.75, 3.05) is 32.8 Å². The summed E-state index contributed by atoms with van der Waals surface area (Å²) in [6.45, 7) is 7.69. The zero-order valence-electron chi connectivity index (χ0n) is 10.5. The minimum Gasteiger partial charge on any atom is -0.377 e. The van der Waals surface area contributed by atoms with Gasteiger partial charge in [0.1, 0.15) is 0 Å². The van der Waals surface area contributed by atoms with Crippen LogP contribution in [0.1, 0.15) is 33.1 Å². The molecule has 0 aromatic carbocycles. The summed E-state index contributed by atoms with van der Waals surface area (Å²) in [5.41, 5.74) is 0. The van der Waals surface area contributed by atoms with Crippen LogP contribution in [0.3, 0.4) is 0 Å². The molecule has 0 spiro atoms. The lowest BCUT2D eigenvalue weighted by atomic mass is 10.1. The number of hydrogen-bond acceptors (Lipinski definition) is 3. The van der Waals surface area contributed by atoms with Gasteiger partial charge in [-0.1, -0.05) is 0 Å². The Morgan fingerprint density at radius 2 is 2.12 bits per heavy atom. The third kappa shape index (κ3) is 4.49. The molecule has 1 amide bonds. The van der Waals surface area contributed by atoms with E-state index in [4.69, 9.17) is 4.74 Å². The van der Waals surface area contributed by atoms with Crippen molar-refractivity contribution < 1.29 is 9.53 Å². The van der Waals surface area contributed by atoms with E-state index in [2.05, 4.69) is 5.32 Å². The van der Waals surface area contributed by atoms with Gasteiger partial charge in [0, 0.05) is 26.2 Å². The molecule has 1 aliphatic rings. The molecule has 16 heavy (non-hydrogen) atoms. The summed E-state index contributed by atoms with van der Waals surface area (Å²) in [5, 5.41) is 3.19. The smallest absolute Gasteiger partial charge is 0.236 e. The highest BCUT2D eigenvalue weighted by atomic mass is 16.5. The fourth-order valence-corrected chi connectivity index (χ4v) is 2.00. The fourth-order valence-electron chi connectivity index (χ4n) is 2.00. The standard InChI is InChI=1S/C12H24N2O2/c1-3-14(4-2)12(15)10-13-9-11-7-5-6-8-16-11/h11,13H,3-10H2,1-2H3. The van der Waals surface area contributed by atoms with Crippen molar-refractivity contribution in [3.05, 3.63) is 0 Å². The first-order valence-corrected chi connectivity index (χ1v) is 6.38. The SMILES string of the molecule is CCN(CC)C(=O)CNCC1CCCCO1. The number of nitrogens with zero attached hydrogens (tertiary/aromatic N) is 1. The van der Waals surface area contributed by atoms with E-state index < -0.39 is 0 Å². The summed E-state index contributed by atoms with van der Waals surface area (Å²) in [6, 6.07) is 0. The third-order valence-electron chi connectivity index (χ3n) is 3.04. The molecule has 1 N–H and O–H groups in total. The molecule has 0 aromatic heterocycles. The van der Waals surface area contributed by atoms with Gasteiger partial charge in [-0.15, -0.1) is 0 Å². The van der Waals surface area contributed by atoms with E-state index in [9.17, 15) is 4.79 Å². The van der Waals surface area contributed by atoms with Gasteiger partial charge in [0.05, 0.1) is 12.6 Å². The normalized spacial score (nSPS) is 20.8. The Morgan fingerprint density at radius 1 is 1.38 bits per heavy atom. The van der Waals surface area contributed by atoms with Crippen LogP contribution < -0.4 is 5.32 Å². The van der Waals surface area contributed by atoms with E-state index in [0.29, 0.717) is 12.6 Å². The molecule has 1 unspecified atom stereocenters. The van der Waals surface area contributed by atoms with Crippen LogP contribution in [0, 0.1) is 0 Å². The lowest BCUT2D eigenvalue weighted by Crippen LogP contribution is -2.41. The molecule has 0 bridgehead atoms. The van der Waals surface area contributed by atoms with Crippen LogP contribution in [0.5, 0.6) is 0 Å². The summed E-state index contributed by atoms with van der Waals surface area (Å²) in [6.07, 6.45) is 3.84. The van der Waals surface area contributed by atoms with E-state index in [1.165, 1.54) is 12.8 Å². The monoisotopic (exact) mass is 228 g/mol. The molecular weight excluding hydrogens is 204 g/mol. The summed E-state index contributed by atoms with van der Waals surface area (Å²) < 4.78 is 5.59. The van der Waals surface area contributed by atoms with Crippen molar-refractivity contribution in [3.8, 4) is 0 Å². The maximum Gasteiger partial charge on any atom is 0.236 e. The van der Waals surface area contributed by atoms with Gasteiger partial charge in [-0.25, -0.2) is 0 Å². The number of carbonyl (C=O) groups is 1. The minimum atomic E-state index is 0.181. The number of nitrogens with one attached hydrogen (secondary N) is 1. The van der Waals surface area contributed by atoms with Crippen molar-refractivity contribution >= 4 is 5.91 Å². The van der Waals surface area contributed by atoms with E-state index >= 15 is 0 Å². The van der Waals surface area contributed by atoms with Crippen LogP contribution in [0.4, 0.5) is 0 Å². The molecule has 4 nitrogen and oxygen atoms in total. The summed E-state index contributed by atoms with van der Waals surface area (Å²) >= 11 is 0. The second kappa shape index (κ2) is 7.63. The largest absolute Gasteiger partial charge is 0.377 e. The molecule has 1 atom stereocenters. The Morgan fingerprint density at radius 3 is 2.69 bits per heavy atom. The number of hydrogen-bond donors (Lipinski definition) is 1. The minimum absolute atomic E-state index is 0.181. The van der Waals surface area contributed by atoms with Gasteiger partial charge in [-0.2, -0.15) is 0 Å². The van der Waals surface area contributed by atoms with Gasteiger partial charge < -0.3 is 15.0 Å². The van der Waals surface area contributed by atoms with Gasteiger partial charge in [0.25, 0.3) is 0 Å². The fraction of sp³-hybridized carbons (Fsp3) is 0.917. The van der Waals surface area contributed by atoms with Gasteiger partial charge >= 0.3 is 0 Å². The molecule has 94 valence electrons. The molecule has 4 heteroatoms. The highest BCUT2D eigenvalue weighted by molar-refractivity contribution is 5.78. The van der Waals surface area contributed by atoms with Gasteiger partial charge in [0.2, 0.25) is 5.91 Å². The first kappa shape index (κ1) is 13.5. The zero-order valence-corrected chi connectivity index (χ0v) is 10.5. The highest BCUT2D eigenvalue weighted by Crippen LogP contribution is 2.11. The Bertz CT molecular complexity index is 199. The first-order chi connectivity index (χ1) is 7.77. The average Bonchev–Trinajstić information content (AvgIpc) is 2.32. The van der Waals surface area contributed by atoms with E-state index in [0.717, 1.165) is 32.7 Å². The summed E-state index contributed by atoms with van der Waals surface area (Å²) in [7, 11) is 0. The number of carbonyl (C=O) groups excluding carboxylic acids is 1. The Labute approximate surface area is 98.3 Å². The van der Waals surface area contributed by atoms with Gasteiger partial charge in [0.15, 0.2) is 0 Å². The van der Waals surface area contributed by atoms with E-state index in [1.807, 2.05) is 18.7 Å². The Kier molecular flexibility index (Phi) is 6.42. The predicted molar refractivity (Wildman–Crippen MR) is 64.4 cm³/mol. The third-order valence-corrected chi connectivity index (χ3v) is 3.04. The molecule has 1 heterocycles. The van der Waals surface area contributed by atoms with Crippen LogP contribution in [0.15, 0.2) is 0 Å². The maximum absolute atomic E-state index is 11.7. The zero-order chi connectivity index (χ0) is 11.8. The lowest BCUT2D eigenvalue weighted by Gasteiger charge is -2.24. The quantitative estimate of drug-likeness (QED) is 0.738. The van der Waals surface area contributed by atoms with Gasteiger partial charge in [-0.05, 0) is 33.1 Å². The van der Waals surface area contributed by atoms with Crippen molar-refractivity contribution in [1.29, 1.82) is 0 Å². The molecule has 1 aliphatic heterocycles. The topological polar surface area (TPSA) is 41.6 Å². The predicted octanol–water partition coefficient (Wildman–Crippen LogP) is 1.01. The van der Waals surface area contributed by atoms with Crippen LogP contribution in [0.25, 0.3) is 0 Å². The summed E-state index contributed by atoms with van der Waals surface area (Å²) in [5.74, 6) is 0.181. The first-order valence-electron chi connectivity index (χ1n) is 6.38. The van der Waals surface area contributed by atoms with Crippen LogP contribution in [0.2, 0.25) is 0 Å².